The predicted octanol–water partition coefficient (Wildman–Crippen LogP) is 6.22. The van der Waals surface area contributed by atoms with Crippen LogP contribution in [-0.4, -0.2) is 37.3 Å². The molecule has 0 aliphatic rings. The van der Waals surface area contributed by atoms with Gasteiger partial charge in [-0.2, -0.15) is 13.2 Å². The summed E-state index contributed by atoms with van der Waals surface area (Å²) in [5.74, 6) is 0.0174. The molecule has 1 unspecified atom stereocenters. The summed E-state index contributed by atoms with van der Waals surface area (Å²) in [5, 5.41) is 3.24. The Hall–Kier alpha value is -4.47. The fourth-order valence-electron chi connectivity index (χ4n) is 4.83. The number of carbonyl (C=O) groups excluding carboxylic acids is 1. The molecule has 0 saturated heterocycles. The van der Waals surface area contributed by atoms with E-state index in [1.165, 1.54) is 50.2 Å². The molecule has 1 aromatic heterocycles. The second kappa shape index (κ2) is 11.2. The summed E-state index contributed by atoms with van der Waals surface area (Å²) in [7, 11) is 4.27. The number of halogens is 3. The zero-order chi connectivity index (χ0) is 30.1. The van der Waals surface area contributed by atoms with Gasteiger partial charge in [0.05, 0.1) is 37.8 Å². The van der Waals surface area contributed by atoms with Crippen molar-refractivity contribution in [3.05, 3.63) is 88.2 Å². The van der Waals surface area contributed by atoms with Gasteiger partial charge in [0, 0.05) is 23.2 Å². The van der Waals surface area contributed by atoms with Crippen LogP contribution in [0.5, 0.6) is 17.2 Å². The fraction of sp³-hybridized carbons (Fsp3) is 0.290. The first kappa shape index (κ1) is 29.5. The maximum Gasteiger partial charge on any atom is 0.416 e. The predicted molar refractivity (Wildman–Crippen MR) is 151 cm³/mol. The number of carbonyl (C=O) groups is 1. The minimum atomic E-state index is -4.66. The number of benzene rings is 3. The largest absolute Gasteiger partial charge is 0.493 e. The minimum absolute atomic E-state index is 0.0220. The highest BCUT2D eigenvalue weighted by molar-refractivity contribution is 6.03. The van der Waals surface area contributed by atoms with Crippen molar-refractivity contribution in [2.45, 2.75) is 38.5 Å². The van der Waals surface area contributed by atoms with E-state index in [2.05, 4.69) is 5.32 Å². The SMILES string of the molecule is COc1cc2c(c(-c3ccccc3)cc(=O)n2C(C(=O)NC(C)(C)C)c2cccc(C(F)(F)F)c2)c(OC)c1OC. The third-order valence-electron chi connectivity index (χ3n) is 6.46. The molecule has 0 aliphatic heterocycles. The molecule has 1 N–H and O–H groups in total. The Labute approximate surface area is 235 Å². The molecular formula is C31H31F3N2O5. The summed E-state index contributed by atoms with van der Waals surface area (Å²) in [6.07, 6.45) is -4.66. The maximum absolute atomic E-state index is 14.0. The lowest BCUT2D eigenvalue weighted by molar-refractivity contribution is -0.137. The molecule has 0 fully saturated rings. The highest BCUT2D eigenvalue weighted by Crippen LogP contribution is 2.47. The molecule has 0 saturated carbocycles. The van der Waals surface area contributed by atoms with E-state index in [1.807, 2.05) is 30.3 Å². The molecule has 0 radical (unpaired) electrons. The lowest BCUT2D eigenvalue weighted by atomic mass is 9.96. The van der Waals surface area contributed by atoms with Gasteiger partial charge in [-0.1, -0.05) is 42.5 Å². The van der Waals surface area contributed by atoms with Crippen LogP contribution >= 0.6 is 0 Å². The van der Waals surface area contributed by atoms with Gasteiger partial charge in [-0.05, 0) is 44.0 Å². The van der Waals surface area contributed by atoms with E-state index in [-0.39, 0.29) is 28.3 Å². The smallest absolute Gasteiger partial charge is 0.416 e. The molecule has 216 valence electrons. The Bertz CT molecular complexity index is 1640. The molecule has 3 aromatic carbocycles. The molecule has 7 nitrogen and oxygen atoms in total. The Balaban J connectivity index is 2.19. The van der Waals surface area contributed by atoms with E-state index < -0.39 is 34.8 Å². The molecule has 0 bridgehead atoms. The van der Waals surface area contributed by atoms with Gasteiger partial charge < -0.3 is 19.5 Å². The first-order chi connectivity index (χ1) is 19.3. The summed E-state index contributed by atoms with van der Waals surface area (Å²) in [5.41, 5.74) is -0.959. The van der Waals surface area contributed by atoms with Crippen LogP contribution in [0.2, 0.25) is 0 Å². The van der Waals surface area contributed by atoms with Crippen LogP contribution in [0.3, 0.4) is 0 Å². The molecule has 1 heterocycles. The Kier molecular flexibility index (Phi) is 8.05. The highest BCUT2D eigenvalue weighted by Gasteiger charge is 2.35. The summed E-state index contributed by atoms with van der Waals surface area (Å²) in [6.45, 7) is 5.22. The third kappa shape index (κ3) is 5.86. The molecule has 41 heavy (non-hydrogen) atoms. The van der Waals surface area contributed by atoms with Crippen molar-refractivity contribution in [1.82, 2.24) is 9.88 Å². The molecule has 4 rings (SSSR count). The van der Waals surface area contributed by atoms with Crippen LogP contribution in [-0.2, 0) is 11.0 Å². The second-order valence-corrected chi connectivity index (χ2v) is 10.4. The van der Waals surface area contributed by atoms with E-state index in [9.17, 15) is 22.8 Å². The number of methoxy groups -OCH3 is 3. The zero-order valence-corrected chi connectivity index (χ0v) is 23.6. The van der Waals surface area contributed by atoms with Crippen LogP contribution in [0.15, 0.2) is 71.5 Å². The van der Waals surface area contributed by atoms with Crippen molar-refractivity contribution in [1.29, 1.82) is 0 Å². The summed E-state index contributed by atoms with van der Waals surface area (Å²) in [6, 6.07) is 14.9. The van der Waals surface area contributed by atoms with Crippen molar-refractivity contribution in [3.8, 4) is 28.4 Å². The van der Waals surface area contributed by atoms with Crippen LogP contribution in [0, 0.1) is 0 Å². The molecule has 10 heteroatoms. The third-order valence-corrected chi connectivity index (χ3v) is 6.46. The average Bonchev–Trinajstić information content (AvgIpc) is 2.92. The Morgan fingerprint density at radius 2 is 1.51 bits per heavy atom. The maximum atomic E-state index is 14.0. The average molecular weight is 569 g/mol. The molecule has 0 aliphatic carbocycles. The molecule has 0 spiro atoms. The number of ether oxygens (including phenoxy) is 3. The fourth-order valence-corrected chi connectivity index (χ4v) is 4.83. The first-order valence-corrected chi connectivity index (χ1v) is 12.7. The number of rotatable bonds is 7. The lowest BCUT2D eigenvalue weighted by Crippen LogP contribution is -2.46. The van der Waals surface area contributed by atoms with Gasteiger partial charge in [0.1, 0.15) is 6.04 Å². The van der Waals surface area contributed by atoms with Crippen LogP contribution < -0.4 is 25.1 Å². The Morgan fingerprint density at radius 3 is 2.07 bits per heavy atom. The second-order valence-electron chi connectivity index (χ2n) is 10.4. The van der Waals surface area contributed by atoms with Crippen molar-refractivity contribution in [2.75, 3.05) is 21.3 Å². The van der Waals surface area contributed by atoms with Gasteiger partial charge in [0.25, 0.3) is 5.56 Å². The monoisotopic (exact) mass is 568 g/mol. The Morgan fingerprint density at radius 1 is 0.854 bits per heavy atom. The number of pyridine rings is 1. The zero-order valence-electron chi connectivity index (χ0n) is 23.6. The van der Waals surface area contributed by atoms with Gasteiger partial charge in [-0.15, -0.1) is 0 Å². The van der Waals surface area contributed by atoms with E-state index in [0.29, 0.717) is 16.5 Å². The van der Waals surface area contributed by atoms with Gasteiger partial charge in [0.2, 0.25) is 11.7 Å². The number of alkyl halides is 3. The highest BCUT2D eigenvalue weighted by atomic mass is 19.4. The van der Waals surface area contributed by atoms with Crippen molar-refractivity contribution >= 4 is 16.8 Å². The van der Waals surface area contributed by atoms with E-state index in [4.69, 9.17) is 14.2 Å². The van der Waals surface area contributed by atoms with Gasteiger partial charge in [-0.25, -0.2) is 0 Å². The van der Waals surface area contributed by atoms with Gasteiger partial charge >= 0.3 is 6.18 Å². The number of nitrogens with one attached hydrogen (secondary N) is 1. The summed E-state index contributed by atoms with van der Waals surface area (Å²) in [4.78, 5) is 27.9. The standard InChI is InChI=1S/C31H31F3N2O5/c1-30(2,3)35-29(38)26(19-13-10-14-20(15-19)31(32,33)34)36-22-17-23(39-4)27(40-5)28(41-6)25(22)21(16-24(36)37)18-11-8-7-9-12-18/h7-17,26H,1-6H3,(H,35,38). The van der Waals surface area contributed by atoms with Crippen LogP contribution in [0.4, 0.5) is 13.2 Å². The molecule has 1 amide bonds. The quantitative estimate of drug-likeness (QED) is 0.287. The molecule has 1 atom stereocenters. The van der Waals surface area contributed by atoms with E-state index >= 15 is 0 Å². The van der Waals surface area contributed by atoms with Gasteiger partial charge in [-0.3, -0.25) is 14.2 Å². The van der Waals surface area contributed by atoms with E-state index in [1.54, 1.807) is 20.8 Å². The van der Waals surface area contributed by atoms with Crippen LogP contribution in [0.25, 0.3) is 22.0 Å². The van der Waals surface area contributed by atoms with Crippen LogP contribution in [0.1, 0.15) is 37.9 Å². The number of aromatic nitrogens is 1. The lowest BCUT2D eigenvalue weighted by Gasteiger charge is -2.28. The summed E-state index contributed by atoms with van der Waals surface area (Å²) < 4.78 is 59.3. The summed E-state index contributed by atoms with van der Waals surface area (Å²) >= 11 is 0. The molecule has 4 aromatic rings. The number of hydrogen-bond donors (Lipinski definition) is 1. The first-order valence-electron chi connectivity index (χ1n) is 12.7. The van der Waals surface area contributed by atoms with E-state index in [0.717, 1.165) is 12.1 Å². The number of amides is 1. The van der Waals surface area contributed by atoms with Gasteiger partial charge in [0.15, 0.2) is 11.5 Å². The normalized spacial score (nSPS) is 12.6. The number of fused-ring (bicyclic) bond motifs is 1. The van der Waals surface area contributed by atoms with Crippen molar-refractivity contribution < 1.29 is 32.2 Å². The van der Waals surface area contributed by atoms with Crippen molar-refractivity contribution in [3.63, 3.8) is 0 Å². The number of nitrogens with zero attached hydrogens (tertiary/aromatic N) is 1. The minimum Gasteiger partial charge on any atom is -0.493 e. The van der Waals surface area contributed by atoms with Crippen molar-refractivity contribution in [2.24, 2.45) is 0 Å². The number of hydrogen-bond acceptors (Lipinski definition) is 5. The topological polar surface area (TPSA) is 78.8 Å². The molecular weight excluding hydrogens is 537 g/mol.